The number of aromatic nitrogens is 3. The monoisotopic (exact) mass is 396 g/mol. The number of nitrogens with zero attached hydrogens (tertiary/aromatic N) is 3. The molecule has 4 rings (SSSR count). The average molecular weight is 398 g/mol. The van der Waals surface area contributed by atoms with E-state index in [1.54, 1.807) is 23.0 Å². The smallest absolute Gasteiger partial charge is 0.209 e. The van der Waals surface area contributed by atoms with Crippen LogP contribution < -0.4 is 10.1 Å². The van der Waals surface area contributed by atoms with Crippen LogP contribution in [-0.2, 0) is 13.0 Å². The molecule has 3 heterocycles. The minimum atomic E-state index is -0.251. The van der Waals surface area contributed by atoms with Gasteiger partial charge < -0.3 is 10.1 Å². The van der Waals surface area contributed by atoms with E-state index in [2.05, 4.69) is 31.2 Å². The van der Waals surface area contributed by atoms with Gasteiger partial charge in [-0.1, -0.05) is 11.6 Å². The molecule has 0 bridgehead atoms. The molecule has 23 heavy (non-hydrogen) atoms. The molecule has 1 N–H and O–H groups in total. The van der Waals surface area contributed by atoms with Crippen LogP contribution in [-0.4, -0.2) is 21.0 Å². The Balaban J connectivity index is 1.69. The number of anilines is 1. The summed E-state index contributed by atoms with van der Waals surface area (Å²) in [6.45, 7) is 0.890. The van der Waals surface area contributed by atoms with Gasteiger partial charge in [-0.15, -0.1) is 0 Å². The van der Waals surface area contributed by atoms with Gasteiger partial charge in [-0.3, -0.25) is 4.40 Å². The molecule has 2 aromatic heterocycles. The standard InChI is InChI=1S/C15H11BrClFN4O/c16-10-6-20-15(22-7-21-14(17)13(10)22)19-5-9-8-3-4-23-12(8)2-1-11(9)18/h1-2,6-7H,3-5H2,(H,19,20). The van der Waals surface area contributed by atoms with Crippen molar-refractivity contribution in [3.05, 3.63) is 51.2 Å². The molecule has 0 unspecified atom stereocenters. The van der Waals surface area contributed by atoms with Gasteiger partial charge in [-0.2, -0.15) is 0 Å². The number of fused-ring (bicyclic) bond motifs is 2. The van der Waals surface area contributed by atoms with E-state index in [0.29, 0.717) is 41.8 Å². The highest BCUT2D eigenvalue weighted by Gasteiger charge is 2.20. The van der Waals surface area contributed by atoms with Crippen molar-refractivity contribution >= 4 is 39.0 Å². The molecule has 0 saturated carbocycles. The number of benzene rings is 1. The topological polar surface area (TPSA) is 51.5 Å². The van der Waals surface area contributed by atoms with E-state index in [9.17, 15) is 4.39 Å². The normalized spacial score (nSPS) is 13.2. The van der Waals surface area contributed by atoms with Crippen molar-refractivity contribution in [2.24, 2.45) is 0 Å². The maximum atomic E-state index is 14.2. The maximum absolute atomic E-state index is 14.2. The van der Waals surface area contributed by atoms with Crippen molar-refractivity contribution in [2.45, 2.75) is 13.0 Å². The quantitative estimate of drug-likeness (QED) is 0.730. The van der Waals surface area contributed by atoms with Crippen LogP contribution in [0, 0.1) is 5.82 Å². The molecule has 0 fully saturated rings. The summed E-state index contributed by atoms with van der Waals surface area (Å²) >= 11 is 9.47. The summed E-state index contributed by atoms with van der Waals surface area (Å²) in [6, 6.07) is 3.10. The van der Waals surface area contributed by atoms with E-state index in [-0.39, 0.29) is 5.82 Å². The van der Waals surface area contributed by atoms with Crippen molar-refractivity contribution < 1.29 is 9.13 Å². The molecule has 118 valence electrons. The Bertz CT molecular complexity index is 914. The largest absolute Gasteiger partial charge is 0.493 e. The number of hydrogen-bond donors (Lipinski definition) is 1. The van der Waals surface area contributed by atoms with Gasteiger partial charge in [0.25, 0.3) is 0 Å². The molecule has 0 aliphatic carbocycles. The summed E-state index contributed by atoms with van der Waals surface area (Å²) in [7, 11) is 0. The number of imidazole rings is 1. The fraction of sp³-hybridized carbons (Fsp3) is 0.200. The lowest BCUT2D eigenvalue weighted by molar-refractivity contribution is 0.356. The Hall–Kier alpha value is -1.86. The summed E-state index contributed by atoms with van der Waals surface area (Å²) in [6.07, 6.45) is 3.93. The fourth-order valence-corrected chi connectivity index (χ4v) is 3.58. The first-order valence-electron chi connectivity index (χ1n) is 6.99. The summed E-state index contributed by atoms with van der Waals surface area (Å²) in [5.41, 5.74) is 2.23. The molecular formula is C15H11BrClFN4O. The Labute approximate surface area is 144 Å². The van der Waals surface area contributed by atoms with E-state index in [1.807, 2.05) is 0 Å². The third-order valence-corrected chi connectivity index (χ3v) is 4.70. The van der Waals surface area contributed by atoms with E-state index in [1.165, 1.54) is 6.07 Å². The first-order chi connectivity index (χ1) is 11.1. The molecule has 5 nitrogen and oxygen atoms in total. The molecule has 0 radical (unpaired) electrons. The minimum absolute atomic E-state index is 0.251. The van der Waals surface area contributed by atoms with E-state index >= 15 is 0 Å². The summed E-state index contributed by atoms with van der Waals surface area (Å²) < 4.78 is 22.1. The van der Waals surface area contributed by atoms with Gasteiger partial charge in [-0.25, -0.2) is 14.4 Å². The Morgan fingerprint density at radius 3 is 3.13 bits per heavy atom. The maximum Gasteiger partial charge on any atom is 0.209 e. The Morgan fingerprint density at radius 2 is 2.26 bits per heavy atom. The number of ether oxygens (including phenoxy) is 1. The second-order valence-electron chi connectivity index (χ2n) is 5.14. The van der Waals surface area contributed by atoms with E-state index in [0.717, 1.165) is 15.8 Å². The van der Waals surface area contributed by atoms with Gasteiger partial charge in [0.15, 0.2) is 5.15 Å². The molecule has 3 aromatic rings. The van der Waals surface area contributed by atoms with Crippen LogP contribution >= 0.6 is 27.5 Å². The number of halogens is 3. The van der Waals surface area contributed by atoms with Gasteiger partial charge in [0.2, 0.25) is 5.95 Å². The zero-order valence-electron chi connectivity index (χ0n) is 11.8. The van der Waals surface area contributed by atoms with Gasteiger partial charge in [0.1, 0.15) is 23.4 Å². The highest BCUT2D eigenvalue weighted by Crippen LogP contribution is 2.31. The first-order valence-corrected chi connectivity index (χ1v) is 8.16. The SMILES string of the molecule is Fc1ccc2c(c1CNc1ncc(Br)c3c(Cl)ncn13)CCO2. The van der Waals surface area contributed by atoms with Crippen LogP contribution in [0.5, 0.6) is 5.75 Å². The Kier molecular flexibility index (Phi) is 3.61. The molecule has 1 aliphatic heterocycles. The number of hydrogen-bond acceptors (Lipinski definition) is 4. The van der Waals surface area contributed by atoms with Crippen LogP contribution in [0.3, 0.4) is 0 Å². The lowest BCUT2D eigenvalue weighted by atomic mass is 10.0. The molecule has 0 spiro atoms. The van der Waals surface area contributed by atoms with Crippen LogP contribution in [0.25, 0.3) is 5.52 Å². The second kappa shape index (κ2) is 5.65. The summed E-state index contributed by atoms with van der Waals surface area (Å²) in [4.78, 5) is 8.38. The van der Waals surface area contributed by atoms with E-state index in [4.69, 9.17) is 16.3 Å². The van der Waals surface area contributed by atoms with Crippen LogP contribution in [0.1, 0.15) is 11.1 Å². The Morgan fingerprint density at radius 1 is 1.39 bits per heavy atom. The predicted molar refractivity (Wildman–Crippen MR) is 88.6 cm³/mol. The number of nitrogens with one attached hydrogen (secondary N) is 1. The summed E-state index contributed by atoms with van der Waals surface area (Å²) in [5, 5.41) is 3.53. The zero-order chi connectivity index (χ0) is 16.0. The highest BCUT2D eigenvalue weighted by molar-refractivity contribution is 9.10. The van der Waals surface area contributed by atoms with Gasteiger partial charge >= 0.3 is 0 Å². The molecule has 8 heteroatoms. The van der Waals surface area contributed by atoms with Gasteiger partial charge in [0, 0.05) is 30.3 Å². The zero-order valence-corrected chi connectivity index (χ0v) is 14.2. The molecular weight excluding hydrogens is 387 g/mol. The van der Waals surface area contributed by atoms with Crippen molar-refractivity contribution in [3.8, 4) is 5.75 Å². The minimum Gasteiger partial charge on any atom is -0.493 e. The molecule has 0 atom stereocenters. The predicted octanol–water partition coefficient (Wildman–Crippen LogP) is 3.83. The van der Waals surface area contributed by atoms with Crippen molar-refractivity contribution in [3.63, 3.8) is 0 Å². The van der Waals surface area contributed by atoms with Crippen LogP contribution in [0.15, 0.2) is 29.1 Å². The number of rotatable bonds is 3. The van der Waals surface area contributed by atoms with Crippen LogP contribution in [0.4, 0.5) is 10.3 Å². The van der Waals surface area contributed by atoms with Crippen molar-refractivity contribution in [1.82, 2.24) is 14.4 Å². The molecule has 0 saturated heterocycles. The highest BCUT2D eigenvalue weighted by atomic mass is 79.9. The second-order valence-corrected chi connectivity index (χ2v) is 6.35. The van der Waals surface area contributed by atoms with E-state index < -0.39 is 0 Å². The third kappa shape index (κ3) is 2.44. The average Bonchev–Trinajstić information content (AvgIpc) is 3.15. The third-order valence-electron chi connectivity index (χ3n) is 3.84. The molecule has 0 amide bonds. The van der Waals surface area contributed by atoms with Gasteiger partial charge in [0.05, 0.1) is 11.1 Å². The fourth-order valence-electron chi connectivity index (χ4n) is 2.75. The lowest BCUT2D eigenvalue weighted by Crippen LogP contribution is -2.09. The molecule has 1 aromatic carbocycles. The van der Waals surface area contributed by atoms with Gasteiger partial charge in [-0.05, 0) is 28.1 Å². The summed E-state index contributed by atoms with van der Waals surface area (Å²) in [5.74, 6) is 1.04. The van der Waals surface area contributed by atoms with Crippen LogP contribution in [0.2, 0.25) is 5.15 Å². The molecule has 1 aliphatic rings. The first kappa shape index (κ1) is 14.7. The van der Waals surface area contributed by atoms with Crippen molar-refractivity contribution in [1.29, 1.82) is 0 Å². The van der Waals surface area contributed by atoms with Crippen molar-refractivity contribution in [2.75, 3.05) is 11.9 Å². The lowest BCUT2D eigenvalue weighted by Gasteiger charge is -2.12.